The number of hydrogen-bond donors (Lipinski definition) is 2. The van der Waals surface area contributed by atoms with Gasteiger partial charge in [-0.05, 0) is 31.9 Å². The van der Waals surface area contributed by atoms with Crippen LogP contribution < -0.4 is 10.5 Å². The van der Waals surface area contributed by atoms with Crippen LogP contribution in [0.25, 0.3) is 0 Å². The van der Waals surface area contributed by atoms with Crippen molar-refractivity contribution in [2.45, 2.75) is 43.2 Å². The van der Waals surface area contributed by atoms with Crippen molar-refractivity contribution < 1.29 is 8.42 Å². The third-order valence-electron chi connectivity index (χ3n) is 3.14. The number of nitrogens with zero attached hydrogens (tertiary/aromatic N) is 1. The van der Waals surface area contributed by atoms with Crippen LogP contribution in [0.5, 0.6) is 0 Å². The van der Waals surface area contributed by atoms with Gasteiger partial charge in [-0.25, -0.2) is 18.1 Å². The number of nitrogens with two attached hydrogens (primary N) is 1. The van der Waals surface area contributed by atoms with E-state index in [-0.39, 0.29) is 16.3 Å². The van der Waals surface area contributed by atoms with E-state index in [1.54, 1.807) is 12.1 Å². The highest BCUT2D eigenvalue weighted by Crippen LogP contribution is 2.30. The fraction of sp³-hybridized carbons (Fsp3) is 0.545. The van der Waals surface area contributed by atoms with Gasteiger partial charge >= 0.3 is 0 Å². The molecule has 17 heavy (non-hydrogen) atoms. The highest BCUT2D eigenvalue weighted by atomic mass is 32.2. The maximum atomic E-state index is 12.2. The normalized spacial score (nSPS) is 19.4. The topological polar surface area (TPSA) is 85.1 Å². The minimum absolute atomic E-state index is 0.0758. The van der Waals surface area contributed by atoms with Crippen molar-refractivity contribution in [2.24, 2.45) is 0 Å². The zero-order valence-corrected chi connectivity index (χ0v) is 10.6. The quantitative estimate of drug-likeness (QED) is 0.852. The summed E-state index contributed by atoms with van der Waals surface area (Å²) < 4.78 is 27.0. The molecule has 0 amide bonds. The van der Waals surface area contributed by atoms with Gasteiger partial charge in [-0.2, -0.15) is 0 Å². The van der Waals surface area contributed by atoms with Crippen molar-refractivity contribution in [3.05, 3.63) is 18.3 Å². The van der Waals surface area contributed by atoms with Gasteiger partial charge in [-0.15, -0.1) is 0 Å². The van der Waals surface area contributed by atoms with Crippen LogP contribution in [0.4, 0.5) is 5.69 Å². The molecule has 0 radical (unpaired) electrons. The molecular weight excluding hydrogens is 238 g/mol. The van der Waals surface area contributed by atoms with Gasteiger partial charge < -0.3 is 5.73 Å². The van der Waals surface area contributed by atoms with E-state index in [0.717, 1.165) is 25.7 Å². The molecule has 1 aromatic heterocycles. The van der Waals surface area contributed by atoms with E-state index in [1.807, 2.05) is 6.92 Å². The van der Waals surface area contributed by atoms with Gasteiger partial charge in [0.05, 0.1) is 5.69 Å². The maximum Gasteiger partial charge on any atom is 0.260 e. The van der Waals surface area contributed by atoms with Crippen LogP contribution in [0.3, 0.4) is 0 Å². The predicted octanol–water partition coefficient (Wildman–Crippen LogP) is 1.27. The number of sulfonamides is 1. The lowest BCUT2D eigenvalue weighted by Gasteiger charge is -2.24. The molecule has 1 fully saturated rings. The number of anilines is 1. The van der Waals surface area contributed by atoms with Crippen LogP contribution in [0.1, 0.15) is 32.6 Å². The Morgan fingerprint density at radius 3 is 2.65 bits per heavy atom. The molecular formula is C11H17N3O2S. The maximum absolute atomic E-state index is 12.2. The van der Waals surface area contributed by atoms with Crippen LogP contribution in [0, 0.1) is 0 Å². The summed E-state index contributed by atoms with van der Waals surface area (Å²) in [5.74, 6) is 0. The Morgan fingerprint density at radius 1 is 1.41 bits per heavy atom. The Labute approximate surface area is 101 Å². The van der Waals surface area contributed by atoms with Gasteiger partial charge in [0.2, 0.25) is 0 Å². The Balaban J connectivity index is 2.28. The molecule has 0 spiro atoms. The van der Waals surface area contributed by atoms with Crippen molar-refractivity contribution in [2.75, 3.05) is 5.73 Å². The third kappa shape index (κ3) is 2.58. The Hall–Kier alpha value is -1.14. The largest absolute Gasteiger partial charge is 0.396 e. The van der Waals surface area contributed by atoms with E-state index in [9.17, 15) is 8.42 Å². The highest BCUT2D eigenvalue weighted by Gasteiger charge is 2.34. The monoisotopic (exact) mass is 255 g/mol. The molecule has 1 saturated carbocycles. The molecule has 1 aliphatic carbocycles. The second-order valence-corrected chi connectivity index (χ2v) is 6.37. The Bertz CT molecular complexity index is 507. The summed E-state index contributed by atoms with van der Waals surface area (Å²) in [6.07, 6.45) is 5.26. The lowest BCUT2D eigenvalue weighted by molar-refractivity contribution is 0.427. The number of nitrogens with one attached hydrogen (secondary N) is 1. The molecule has 0 aliphatic heterocycles. The number of pyridine rings is 1. The molecule has 3 N–H and O–H groups in total. The molecule has 5 nitrogen and oxygen atoms in total. The first-order valence-electron chi connectivity index (χ1n) is 5.67. The molecule has 1 heterocycles. The van der Waals surface area contributed by atoms with Gasteiger partial charge in [-0.3, -0.25) is 0 Å². The minimum atomic E-state index is -3.62. The van der Waals surface area contributed by atoms with E-state index in [1.165, 1.54) is 6.20 Å². The van der Waals surface area contributed by atoms with E-state index in [2.05, 4.69) is 9.71 Å². The number of aromatic nitrogens is 1. The summed E-state index contributed by atoms with van der Waals surface area (Å²) in [4.78, 5) is 3.85. The van der Waals surface area contributed by atoms with Gasteiger partial charge in [0, 0.05) is 11.7 Å². The molecule has 0 atom stereocenters. The average Bonchev–Trinajstić information content (AvgIpc) is 2.64. The molecule has 1 aromatic rings. The van der Waals surface area contributed by atoms with Crippen LogP contribution in [0.2, 0.25) is 0 Å². The van der Waals surface area contributed by atoms with Gasteiger partial charge in [0.1, 0.15) is 0 Å². The van der Waals surface area contributed by atoms with Crippen LogP contribution >= 0.6 is 0 Å². The molecule has 0 saturated heterocycles. The van der Waals surface area contributed by atoms with E-state index in [0.29, 0.717) is 0 Å². The van der Waals surface area contributed by atoms with E-state index >= 15 is 0 Å². The smallest absolute Gasteiger partial charge is 0.260 e. The molecule has 94 valence electrons. The predicted molar refractivity (Wildman–Crippen MR) is 65.8 cm³/mol. The van der Waals surface area contributed by atoms with E-state index < -0.39 is 10.0 Å². The highest BCUT2D eigenvalue weighted by molar-refractivity contribution is 7.89. The van der Waals surface area contributed by atoms with Crippen molar-refractivity contribution >= 4 is 15.7 Å². The first-order chi connectivity index (χ1) is 7.93. The van der Waals surface area contributed by atoms with Gasteiger partial charge in [0.15, 0.2) is 5.03 Å². The van der Waals surface area contributed by atoms with Crippen molar-refractivity contribution in [3.63, 3.8) is 0 Å². The second kappa shape index (κ2) is 4.27. The zero-order valence-electron chi connectivity index (χ0n) is 9.81. The standard InChI is InChI=1S/C11H17N3O2S/c1-11(6-2-3-7-11)14-17(15,16)10-9(12)5-4-8-13-10/h4-5,8,14H,2-3,6-7,12H2,1H3. The molecule has 2 rings (SSSR count). The molecule has 0 aromatic carbocycles. The van der Waals surface area contributed by atoms with Crippen LogP contribution in [-0.2, 0) is 10.0 Å². The summed E-state index contributed by atoms with van der Waals surface area (Å²) in [5.41, 5.74) is 5.47. The van der Waals surface area contributed by atoms with E-state index in [4.69, 9.17) is 5.73 Å². The Kier molecular flexibility index (Phi) is 3.09. The Morgan fingerprint density at radius 2 is 2.06 bits per heavy atom. The van der Waals surface area contributed by atoms with Gasteiger partial charge in [0.25, 0.3) is 10.0 Å². The fourth-order valence-corrected chi connectivity index (χ4v) is 3.79. The van der Waals surface area contributed by atoms with Crippen LogP contribution in [-0.4, -0.2) is 18.9 Å². The third-order valence-corrected chi connectivity index (χ3v) is 4.75. The SMILES string of the molecule is CC1(NS(=O)(=O)c2ncccc2N)CCCC1. The van der Waals surface area contributed by atoms with Gasteiger partial charge in [-0.1, -0.05) is 12.8 Å². The lowest BCUT2D eigenvalue weighted by atomic mass is 10.0. The van der Waals surface area contributed by atoms with Crippen molar-refractivity contribution in [1.29, 1.82) is 0 Å². The van der Waals surface area contributed by atoms with Crippen LogP contribution in [0.15, 0.2) is 23.4 Å². The summed E-state index contributed by atoms with van der Waals surface area (Å²) >= 11 is 0. The number of nitrogen functional groups attached to an aromatic ring is 1. The van der Waals surface area contributed by atoms with Crippen molar-refractivity contribution in [3.8, 4) is 0 Å². The first-order valence-corrected chi connectivity index (χ1v) is 7.16. The second-order valence-electron chi connectivity index (χ2n) is 4.77. The summed E-state index contributed by atoms with van der Waals surface area (Å²) in [5, 5.41) is -0.0758. The number of hydrogen-bond acceptors (Lipinski definition) is 4. The lowest BCUT2D eigenvalue weighted by Crippen LogP contribution is -2.43. The molecule has 6 heteroatoms. The first kappa shape index (κ1) is 12.3. The molecule has 0 bridgehead atoms. The molecule has 0 unspecified atom stereocenters. The summed E-state index contributed by atoms with van der Waals surface area (Å²) in [7, 11) is -3.62. The van der Waals surface area contributed by atoms with Crippen molar-refractivity contribution in [1.82, 2.24) is 9.71 Å². The fourth-order valence-electron chi connectivity index (χ4n) is 2.26. The zero-order chi connectivity index (χ0) is 12.5. The average molecular weight is 255 g/mol. The number of rotatable bonds is 3. The molecule has 1 aliphatic rings. The summed E-state index contributed by atoms with van der Waals surface area (Å²) in [6, 6.07) is 3.16. The minimum Gasteiger partial charge on any atom is -0.396 e. The summed E-state index contributed by atoms with van der Waals surface area (Å²) in [6.45, 7) is 1.93.